The molecule has 1 aliphatic rings. The zero-order chi connectivity index (χ0) is 27.1. The van der Waals surface area contributed by atoms with Crippen LogP contribution in [0.15, 0.2) is 63.8 Å². The first kappa shape index (κ1) is 25.4. The highest BCUT2D eigenvalue weighted by Crippen LogP contribution is 2.43. The maximum atomic E-state index is 14.0. The lowest BCUT2D eigenvalue weighted by Gasteiger charge is -2.26. The highest BCUT2D eigenvalue weighted by Gasteiger charge is 2.44. The summed E-state index contributed by atoms with van der Waals surface area (Å²) in [6, 6.07) is 15.6. The molecule has 4 aromatic rings. The smallest absolute Gasteiger partial charge is 0.295 e. The van der Waals surface area contributed by atoms with Crippen LogP contribution in [0.3, 0.4) is 0 Å². The van der Waals surface area contributed by atoms with Crippen LogP contribution in [0.4, 0.5) is 5.69 Å². The molecular weight excluding hydrogens is 482 g/mol. The number of carbonyl (C=O) groups is 1. The van der Waals surface area contributed by atoms with Gasteiger partial charge in [-0.15, -0.1) is 0 Å². The average molecular weight is 514 g/mol. The monoisotopic (exact) mass is 513 g/mol. The van der Waals surface area contributed by atoms with E-state index in [0.29, 0.717) is 57.6 Å². The van der Waals surface area contributed by atoms with E-state index in [1.165, 1.54) is 0 Å². The largest absolute Gasteiger partial charge is 0.497 e. The molecule has 1 unspecified atom stereocenters. The molecule has 0 spiro atoms. The maximum Gasteiger partial charge on any atom is 0.295 e. The number of aryl methyl sites for hydroxylation is 2. The minimum absolute atomic E-state index is 0.0469. The molecule has 0 saturated carbocycles. The van der Waals surface area contributed by atoms with Crippen molar-refractivity contribution in [3.63, 3.8) is 0 Å². The van der Waals surface area contributed by atoms with Crippen LogP contribution >= 0.6 is 0 Å². The first-order chi connectivity index (χ1) is 18.2. The van der Waals surface area contributed by atoms with Gasteiger partial charge in [0.1, 0.15) is 11.3 Å². The van der Waals surface area contributed by atoms with Gasteiger partial charge in [-0.25, -0.2) is 0 Å². The van der Waals surface area contributed by atoms with Crippen molar-refractivity contribution in [1.82, 2.24) is 0 Å². The summed E-state index contributed by atoms with van der Waals surface area (Å²) in [5.41, 5.74) is 3.76. The van der Waals surface area contributed by atoms with E-state index in [4.69, 9.17) is 18.6 Å². The van der Waals surface area contributed by atoms with Crippen molar-refractivity contribution in [2.75, 3.05) is 25.7 Å². The Hall–Kier alpha value is -4.26. The molecule has 1 atom stereocenters. The normalized spacial score (nSPS) is 14.8. The average Bonchev–Trinajstić information content (AvgIpc) is 3.20. The fourth-order valence-corrected chi connectivity index (χ4v) is 4.78. The second kappa shape index (κ2) is 9.89. The number of fused-ring (bicyclic) bond motifs is 2. The Morgan fingerprint density at radius 1 is 0.895 bits per heavy atom. The van der Waals surface area contributed by atoms with Crippen LogP contribution in [-0.4, -0.2) is 26.7 Å². The number of nitrogens with zero attached hydrogens (tertiary/aromatic N) is 1. The lowest BCUT2D eigenvalue weighted by Crippen LogP contribution is -2.29. The molecule has 196 valence electrons. The summed E-state index contributed by atoms with van der Waals surface area (Å²) in [6.07, 6.45) is 0. The highest BCUT2D eigenvalue weighted by atomic mass is 16.5. The molecular formula is C31H31NO6. The summed E-state index contributed by atoms with van der Waals surface area (Å²) in [6.45, 7) is 8.58. The molecule has 0 bridgehead atoms. The third kappa shape index (κ3) is 4.28. The van der Waals surface area contributed by atoms with Crippen LogP contribution in [0.25, 0.3) is 11.0 Å². The number of methoxy groups -OCH3 is 2. The minimum Gasteiger partial charge on any atom is -0.497 e. The SMILES string of the molecule is COc1ccc(N2C(=O)c3oc4cc(C)c(C)cc4c(=O)c3C2c2ccc(OCC(C)C)c(OC)c2)cc1. The third-order valence-corrected chi connectivity index (χ3v) is 6.91. The van der Waals surface area contributed by atoms with Crippen LogP contribution in [-0.2, 0) is 0 Å². The van der Waals surface area contributed by atoms with Crippen molar-refractivity contribution in [3.05, 3.63) is 92.8 Å². The first-order valence-corrected chi connectivity index (χ1v) is 12.6. The number of amides is 1. The number of rotatable bonds is 7. The van der Waals surface area contributed by atoms with Crippen LogP contribution in [0.1, 0.15) is 52.7 Å². The summed E-state index contributed by atoms with van der Waals surface area (Å²) >= 11 is 0. The lowest BCUT2D eigenvalue weighted by atomic mass is 9.97. The standard InChI is InChI=1S/C31H31NO6/c1-17(2)16-37-24-12-7-20(15-26(24)36-6)28-27-29(33)23-13-18(3)19(4)14-25(23)38-30(27)31(34)32(28)21-8-10-22(35-5)11-9-21/h7-15,17,28H,16H2,1-6H3. The quantitative estimate of drug-likeness (QED) is 0.292. The van der Waals surface area contributed by atoms with Crippen LogP contribution < -0.4 is 24.5 Å². The van der Waals surface area contributed by atoms with Crippen LogP contribution in [0.2, 0.25) is 0 Å². The van der Waals surface area contributed by atoms with Crippen molar-refractivity contribution < 1.29 is 23.4 Å². The van der Waals surface area contributed by atoms with E-state index in [-0.39, 0.29) is 17.1 Å². The van der Waals surface area contributed by atoms with Gasteiger partial charge in [-0.2, -0.15) is 0 Å². The van der Waals surface area contributed by atoms with E-state index < -0.39 is 6.04 Å². The van der Waals surface area contributed by atoms with Gasteiger partial charge in [0, 0.05) is 5.69 Å². The number of hydrogen-bond donors (Lipinski definition) is 0. The van der Waals surface area contributed by atoms with Crippen molar-refractivity contribution >= 4 is 22.6 Å². The number of ether oxygens (including phenoxy) is 3. The van der Waals surface area contributed by atoms with Gasteiger partial charge in [-0.3, -0.25) is 14.5 Å². The topological polar surface area (TPSA) is 78.2 Å². The Bertz CT molecular complexity index is 1590. The van der Waals surface area contributed by atoms with Crippen molar-refractivity contribution in [3.8, 4) is 17.2 Å². The fraction of sp³-hybridized carbons (Fsp3) is 0.290. The zero-order valence-corrected chi connectivity index (χ0v) is 22.5. The molecule has 3 aromatic carbocycles. The van der Waals surface area contributed by atoms with E-state index in [1.807, 2.05) is 44.2 Å². The lowest BCUT2D eigenvalue weighted by molar-refractivity contribution is 0.0971. The summed E-state index contributed by atoms with van der Waals surface area (Å²) in [5.74, 6) is 1.79. The molecule has 7 heteroatoms. The van der Waals surface area contributed by atoms with Crippen LogP contribution in [0.5, 0.6) is 17.2 Å². The Morgan fingerprint density at radius 3 is 2.26 bits per heavy atom. The molecule has 5 rings (SSSR count). The van der Waals surface area contributed by atoms with Gasteiger partial charge < -0.3 is 18.6 Å². The molecule has 0 N–H and O–H groups in total. The number of carbonyl (C=O) groups excluding carboxylic acids is 1. The second-order valence-corrected chi connectivity index (χ2v) is 10.00. The van der Waals surface area contributed by atoms with Gasteiger partial charge in [0.15, 0.2) is 16.9 Å². The van der Waals surface area contributed by atoms with Crippen LogP contribution in [0, 0.1) is 19.8 Å². The Labute approximate surface area is 221 Å². The minimum atomic E-state index is -0.721. The number of hydrogen-bond acceptors (Lipinski definition) is 6. The number of benzene rings is 3. The third-order valence-electron chi connectivity index (χ3n) is 6.91. The molecule has 0 radical (unpaired) electrons. The van der Waals surface area contributed by atoms with Gasteiger partial charge in [-0.1, -0.05) is 19.9 Å². The second-order valence-electron chi connectivity index (χ2n) is 10.00. The van der Waals surface area contributed by atoms with E-state index >= 15 is 0 Å². The molecule has 1 amide bonds. The molecule has 38 heavy (non-hydrogen) atoms. The summed E-state index contributed by atoms with van der Waals surface area (Å²) < 4.78 is 23.0. The maximum absolute atomic E-state index is 14.0. The molecule has 0 saturated heterocycles. The highest BCUT2D eigenvalue weighted by molar-refractivity contribution is 6.10. The summed E-state index contributed by atoms with van der Waals surface area (Å²) in [5, 5.41) is 0.449. The Morgan fingerprint density at radius 2 is 1.61 bits per heavy atom. The van der Waals surface area contributed by atoms with Crippen molar-refractivity contribution in [2.24, 2.45) is 5.92 Å². The first-order valence-electron chi connectivity index (χ1n) is 12.6. The summed E-state index contributed by atoms with van der Waals surface area (Å²) in [7, 11) is 3.16. The molecule has 2 heterocycles. The van der Waals surface area contributed by atoms with E-state index in [9.17, 15) is 9.59 Å². The van der Waals surface area contributed by atoms with Gasteiger partial charge in [-0.05, 0) is 85.0 Å². The molecule has 0 fully saturated rings. The Balaban J connectivity index is 1.73. The van der Waals surface area contributed by atoms with Gasteiger partial charge in [0.05, 0.1) is 37.8 Å². The molecule has 1 aromatic heterocycles. The van der Waals surface area contributed by atoms with Gasteiger partial charge in [0.25, 0.3) is 5.91 Å². The predicted molar refractivity (Wildman–Crippen MR) is 147 cm³/mol. The zero-order valence-electron chi connectivity index (χ0n) is 22.5. The van der Waals surface area contributed by atoms with Crippen molar-refractivity contribution in [1.29, 1.82) is 0 Å². The van der Waals surface area contributed by atoms with E-state index in [0.717, 1.165) is 11.1 Å². The molecule has 1 aliphatic heterocycles. The van der Waals surface area contributed by atoms with Gasteiger partial charge >= 0.3 is 0 Å². The Kier molecular flexibility index (Phi) is 6.61. The fourth-order valence-electron chi connectivity index (χ4n) is 4.78. The number of anilines is 1. The molecule has 7 nitrogen and oxygen atoms in total. The van der Waals surface area contributed by atoms with E-state index in [1.54, 1.807) is 43.4 Å². The van der Waals surface area contributed by atoms with Gasteiger partial charge in [0.2, 0.25) is 5.76 Å². The molecule has 0 aliphatic carbocycles. The van der Waals surface area contributed by atoms with Crippen molar-refractivity contribution in [2.45, 2.75) is 33.7 Å². The predicted octanol–water partition coefficient (Wildman–Crippen LogP) is 6.21. The van der Waals surface area contributed by atoms with E-state index in [2.05, 4.69) is 13.8 Å². The summed E-state index contributed by atoms with van der Waals surface area (Å²) in [4.78, 5) is 29.5.